The number of primary amides is 1. The number of nitrogens with two attached hydrogens (primary N) is 1. The molecule has 0 aliphatic heterocycles. The van der Waals surface area contributed by atoms with Crippen molar-refractivity contribution in [2.24, 2.45) is 5.73 Å². The van der Waals surface area contributed by atoms with E-state index in [4.69, 9.17) is 5.73 Å². The van der Waals surface area contributed by atoms with Gasteiger partial charge in [-0.2, -0.15) is 0 Å². The number of rotatable bonds is 5. The number of carbonyl (C=O) groups is 1. The molecule has 0 aromatic heterocycles. The van der Waals surface area contributed by atoms with Crippen LogP contribution in [0.3, 0.4) is 0 Å². The molecule has 0 unspecified atom stereocenters. The second-order valence-electron chi connectivity index (χ2n) is 2.87. The van der Waals surface area contributed by atoms with Gasteiger partial charge in [0.25, 0.3) is 0 Å². The summed E-state index contributed by atoms with van der Waals surface area (Å²) in [7, 11) is 3.99. The summed E-state index contributed by atoms with van der Waals surface area (Å²) in [6.45, 7) is 4.52. The second-order valence-corrected chi connectivity index (χ2v) is 2.87. The molecule has 0 saturated carbocycles. The lowest BCUT2D eigenvalue weighted by Gasteiger charge is -2.08. The molecule has 0 bridgehead atoms. The Morgan fingerprint density at radius 1 is 1.50 bits per heavy atom. The fraction of sp³-hybridized carbons (Fsp3) is 0.625. The Bertz CT molecular complexity index is 157. The smallest absolute Gasteiger partial charge is 0.244 e. The Morgan fingerprint density at radius 3 is 2.33 bits per heavy atom. The lowest BCUT2D eigenvalue weighted by atomic mass is 10.1. The van der Waals surface area contributed by atoms with Crippen molar-refractivity contribution in [1.82, 2.24) is 4.90 Å². The molecule has 72 valence electrons. The van der Waals surface area contributed by atoms with Gasteiger partial charge in [-0.25, -0.2) is 0 Å². The molecule has 3 nitrogen and oxygen atoms in total. The van der Waals surface area contributed by atoms with Gasteiger partial charge in [-0.05, 0) is 33.5 Å². The van der Waals surface area contributed by atoms with E-state index in [0.717, 1.165) is 13.0 Å². The topological polar surface area (TPSA) is 46.3 Å². The van der Waals surface area contributed by atoms with E-state index in [2.05, 4.69) is 11.5 Å². The van der Waals surface area contributed by atoms with Crippen molar-refractivity contribution in [3.05, 3.63) is 12.2 Å². The summed E-state index contributed by atoms with van der Waals surface area (Å²) in [6.07, 6.45) is 1.64. The highest BCUT2D eigenvalue weighted by Crippen LogP contribution is 2.00. The van der Waals surface area contributed by atoms with E-state index in [1.807, 2.05) is 14.1 Å². The van der Waals surface area contributed by atoms with Gasteiger partial charge in [0.15, 0.2) is 0 Å². The van der Waals surface area contributed by atoms with E-state index >= 15 is 0 Å². The van der Waals surface area contributed by atoms with Gasteiger partial charge in [-0.15, -0.1) is 12.4 Å². The van der Waals surface area contributed by atoms with Crippen molar-refractivity contribution in [1.29, 1.82) is 0 Å². The van der Waals surface area contributed by atoms with Crippen LogP contribution in [0.25, 0.3) is 0 Å². The van der Waals surface area contributed by atoms with Crippen LogP contribution in [0.5, 0.6) is 0 Å². The van der Waals surface area contributed by atoms with Crippen molar-refractivity contribution in [3.8, 4) is 0 Å². The van der Waals surface area contributed by atoms with Gasteiger partial charge in [0.1, 0.15) is 0 Å². The monoisotopic (exact) mass is 192 g/mol. The van der Waals surface area contributed by atoms with E-state index in [-0.39, 0.29) is 18.3 Å². The first-order chi connectivity index (χ1) is 5.04. The number of carbonyl (C=O) groups excluding carboxylic acids is 1. The summed E-state index contributed by atoms with van der Waals surface area (Å²) >= 11 is 0. The average molecular weight is 193 g/mol. The summed E-state index contributed by atoms with van der Waals surface area (Å²) < 4.78 is 0. The van der Waals surface area contributed by atoms with Crippen molar-refractivity contribution in [2.75, 3.05) is 20.6 Å². The summed E-state index contributed by atoms with van der Waals surface area (Å²) in [5.41, 5.74) is 5.52. The third-order valence-electron chi connectivity index (χ3n) is 1.43. The van der Waals surface area contributed by atoms with Crippen LogP contribution in [0.4, 0.5) is 0 Å². The van der Waals surface area contributed by atoms with Gasteiger partial charge in [0, 0.05) is 5.57 Å². The molecule has 4 heteroatoms. The van der Waals surface area contributed by atoms with Gasteiger partial charge in [-0.3, -0.25) is 4.79 Å². The van der Waals surface area contributed by atoms with E-state index in [9.17, 15) is 4.79 Å². The molecule has 0 atom stereocenters. The minimum absolute atomic E-state index is 0. The van der Waals surface area contributed by atoms with Crippen LogP contribution in [0.15, 0.2) is 12.2 Å². The molecule has 0 fully saturated rings. The molecule has 1 amide bonds. The average Bonchev–Trinajstić information content (AvgIpc) is 1.86. The fourth-order valence-corrected chi connectivity index (χ4v) is 0.732. The molecule has 0 heterocycles. The second kappa shape index (κ2) is 7.13. The standard InChI is InChI=1S/C8H16N2O.ClH/c1-7(8(9)11)5-4-6-10(2)3;/h1,4-6H2,2-3H3,(H2,9,11);1H. The molecule has 0 radical (unpaired) electrons. The SMILES string of the molecule is C=C(CCCN(C)C)C(N)=O.Cl. The van der Waals surface area contributed by atoms with Crippen LogP contribution in [0.2, 0.25) is 0 Å². The van der Waals surface area contributed by atoms with Gasteiger partial charge in [0.2, 0.25) is 5.91 Å². The maximum absolute atomic E-state index is 10.5. The zero-order chi connectivity index (χ0) is 8.85. The molecule has 0 rings (SSSR count). The Labute approximate surface area is 80.0 Å². The van der Waals surface area contributed by atoms with Crippen molar-refractivity contribution in [3.63, 3.8) is 0 Å². The third kappa shape index (κ3) is 7.57. The van der Waals surface area contributed by atoms with Crippen LogP contribution in [0, 0.1) is 0 Å². The van der Waals surface area contributed by atoms with Crippen molar-refractivity contribution < 1.29 is 4.79 Å². The Balaban J connectivity index is 0. The predicted octanol–water partition coefficient (Wildman–Crippen LogP) is 0.791. The minimum atomic E-state index is -0.385. The molecular formula is C8H17ClN2O. The molecule has 0 aromatic carbocycles. The molecular weight excluding hydrogens is 176 g/mol. The summed E-state index contributed by atoms with van der Waals surface area (Å²) in [5, 5.41) is 0. The van der Waals surface area contributed by atoms with Gasteiger partial charge >= 0.3 is 0 Å². The molecule has 0 spiro atoms. The number of nitrogens with zero attached hydrogens (tertiary/aromatic N) is 1. The molecule has 0 aliphatic rings. The number of amides is 1. The fourth-order valence-electron chi connectivity index (χ4n) is 0.732. The summed E-state index contributed by atoms with van der Waals surface area (Å²) in [4.78, 5) is 12.5. The highest BCUT2D eigenvalue weighted by molar-refractivity contribution is 5.91. The largest absolute Gasteiger partial charge is 0.366 e. The zero-order valence-electron chi connectivity index (χ0n) is 7.67. The van der Waals surface area contributed by atoms with E-state index in [1.54, 1.807) is 0 Å². The number of hydrogen-bond acceptors (Lipinski definition) is 2. The lowest BCUT2D eigenvalue weighted by molar-refractivity contribution is -0.114. The van der Waals surface area contributed by atoms with Gasteiger partial charge in [0.05, 0.1) is 0 Å². The molecule has 12 heavy (non-hydrogen) atoms. The lowest BCUT2D eigenvalue weighted by Crippen LogP contribution is -2.16. The van der Waals surface area contributed by atoms with Crippen LogP contribution in [0.1, 0.15) is 12.8 Å². The molecule has 0 saturated heterocycles. The Morgan fingerprint density at radius 2 is 2.00 bits per heavy atom. The van der Waals surface area contributed by atoms with Crippen LogP contribution in [-0.4, -0.2) is 31.4 Å². The normalized spacial score (nSPS) is 9.25. The maximum Gasteiger partial charge on any atom is 0.244 e. The molecule has 0 aromatic rings. The Hall–Kier alpha value is -0.540. The summed E-state index contributed by atoms with van der Waals surface area (Å²) in [5.74, 6) is -0.385. The van der Waals surface area contributed by atoms with Crippen LogP contribution >= 0.6 is 12.4 Å². The van der Waals surface area contributed by atoms with Crippen LogP contribution in [-0.2, 0) is 4.79 Å². The first kappa shape index (κ1) is 14.0. The highest BCUT2D eigenvalue weighted by Gasteiger charge is 2.00. The predicted molar refractivity (Wildman–Crippen MR) is 53.4 cm³/mol. The van der Waals surface area contributed by atoms with Gasteiger partial charge in [-0.1, -0.05) is 6.58 Å². The first-order valence-electron chi connectivity index (χ1n) is 3.66. The summed E-state index contributed by atoms with van der Waals surface area (Å²) in [6, 6.07) is 0. The number of hydrogen-bond donors (Lipinski definition) is 1. The highest BCUT2D eigenvalue weighted by atomic mass is 35.5. The van der Waals surface area contributed by atoms with E-state index in [1.165, 1.54) is 0 Å². The Kier molecular flexibility index (Phi) is 8.32. The zero-order valence-corrected chi connectivity index (χ0v) is 8.49. The van der Waals surface area contributed by atoms with Gasteiger partial charge < -0.3 is 10.6 Å². The van der Waals surface area contributed by atoms with E-state index < -0.39 is 0 Å². The number of halogens is 1. The van der Waals surface area contributed by atoms with Crippen molar-refractivity contribution in [2.45, 2.75) is 12.8 Å². The molecule has 0 aliphatic carbocycles. The minimum Gasteiger partial charge on any atom is -0.366 e. The third-order valence-corrected chi connectivity index (χ3v) is 1.43. The van der Waals surface area contributed by atoms with Crippen molar-refractivity contribution >= 4 is 18.3 Å². The maximum atomic E-state index is 10.5. The van der Waals surface area contributed by atoms with E-state index in [0.29, 0.717) is 12.0 Å². The molecule has 2 N–H and O–H groups in total. The first-order valence-corrected chi connectivity index (χ1v) is 3.66. The quantitative estimate of drug-likeness (QED) is 0.655. The van der Waals surface area contributed by atoms with Crippen LogP contribution < -0.4 is 5.73 Å².